The zero-order valence-corrected chi connectivity index (χ0v) is 15.7. The van der Waals surface area contributed by atoms with E-state index in [1.165, 1.54) is 18.4 Å². The molecule has 0 N–H and O–H groups in total. The average Bonchev–Trinajstić information content (AvgIpc) is 2.64. The van der Waals surface area contributed by atoms with Gasteiger partial charge in [0.1, 0.15) is 5.75 Å². The first-order chi connectivity index (χ1) is 12.2. The first kappa shape index (κ1) is 18.2. The van der Waals surface area contributed by atoms with Crippen LogP contribution in [0.4, 0.5) is 0 Å². The van der Waals surface area contributed by atoms with Crippen LogP contribution >= 0.6 is 0 Å². The van der Waals surface area contributed by atoms with Crippen LogP contribution in [-0.4, -0.2) is 48.5 Å². The molecule has 4 heteroatoms. The molecule has 0 bridgehead atoms. The predicted molar refractivity (Wildman–Crippen MR) is 101 cm³/mol. The normalized spacial score (nSPS) is 22.8. The number of ether oxygens (including phenoxy) is 1. The third-order valence-corrected chi connectivity index (χ3v) is 5.55. The maximum atomic E-state index is 12.8. The average molecular weight is 344 g/mol. The molecule has 2 saturated heterocycles. The Bertz CT molecular complexity index is 550. The Balaban J connectivity index is 1.45. The molecule has 2 fully saturated rings. The van der Waals surface area contributed by atoms with Gasteiger partial charge >= 0.3 is 0 Å². The van der Waals surface area contributed by atoms with Gasteiger partial charge in [0.15, 0.2) is 0 Å². The molecule has 0 spiro atoms. The summed E-state index contributed by atoms with van der Waals surface area (Å²) in [6.45, 7) is 9.91. The molecule has 1 amide bonds. The zero-order chi connectivity index (χ0) is 17.6. The van der Waals surface area contributed by atoms with Gasteiger partial charge in [0, 0.05) is 25.6 Å². The molecule has 0 unspecified atom stereocenters. The maximum Gasteiger partial charge on any atom is 0.225 e. The summed E-state index contributed by atoms with van der Waals surface area (Å²) in [5, 5.41) is 0. The van der Waals surface area contributed by atoms with E-state index < -0.39 is 0 Å². The molecular weight excluding hydrogens is 312 g/mol. The Labute approximate surface area is 152 Å². The first-order valence-electron chi connectivity index (χ1n) is 9.88. The van der Waals surface area contributed by atoms with Gasteiger partial charge < -0.3 is 9.64 Å². The maximum absolute atomic E-state index is 12.8. The van der Waals surface area contributed by atoms with Crippen LogP contribution in [-0.2, 0) is 11.3 Å². The summed E-state index contributed by atoms with van der Waals surface area (Å²) in [6.07, 6.45) is 4.44. The minimum atomic E-state index is 0.238. The van der Waals surface area contributed by atoms with E-state index in [9.17, 15) is 4.79 Å². The largest absolute Gasteiger partial charge is 0.494 e. The standard InChI is InChI=1S/C21H32N2O2/c1-3-25-20-8-6-18(7-9-20)16-22-13-10-19(11-14-22)21(24)23-12-4-5-17(2)15-23/h6-9,17,19H,3-5,10-16H2,1-2H3/t17-/m0/s1. The van der Waals surface area contributed by atoms with Crippen LogP contribution in [0.25, 0.3) is 0 Å². The Hall–Kier alpha value is -1.55. The molecule has 0 aliphatic carbocycles. The fraction of sp³-hybridized carbons (Fsp3) is 0.667. The van der Waals surface area contributed by atoms with Gasteiger partial charge in [-0.05, 0) is 69.3 Å². The van der Waals surface area contributed by atoms with Crippen molar-refractivity contribution < 1.29 is 9.53 Å². The van der Waals surface area contributed by atoms with E-state index in [-0.39, 0.29) is 5.92 Å². The zero-order valence-electron chi connectivity index (χ0n) is 15.7. The van der Waals surface area contributed by atoms with Crippen molar-refractivity contribution in [3.05, 3.63) is 29.8 Å². The van der Waals surface area contributed by atoms with Gasteiger partial charge in [0.25, 0.3) is 0 Å². The van der Waals surface area contributed by atoms with Gasteiger partial charge in [0.2, 0.25) is 5.91 Å². The quantitative estimate of drug-likeness (QED) is 0.819. The van der Waals surface area contributed by atoms with Crippen molar-refractivity contribution in [2.24, 2.45) is 11.8 Å². The third kappa shape index (κ3) is 4.97. The Kier molecular flexibility index (Phi) is 6.35. The van der Waals surface area contributed by atoms with E-state index in [0.29, 0.717) is 18.4 Å². The van der Waals surface area contributed by atoms with Crippen LogP contribution in [0.15, 0.2) is 24.3 Å². The van der Waals surface area contributed by atoms with Gasteiger partial charge in [-0.3, -0.25) is 9.69 Å². The van der Waals surface area contributed by atoms with Crippen LogP contribution < -0.4 is 4.74 Å². The molecule has 138 valence electrons. The Morgan fingerprint density at radius 3 is 2.48 bits per heavy atom. The molecule has 2 aliphatic rings. The molecule has 25 heavy (non-hydrogen) atoms. The number of likely N-dealkylation sites (tertiary alicyclic amines) is 2. The molecular formula is C21H32N2O2. The van der Waals surface area contributed by atoms with Crippen molar-refractivity contribution in [1.82, 2.24) is 9.80 Å². The number of amides is 1. The van der Waals surface area contributed by atoms with Crippen LogP contribution in [0, 0.1) is 11.8 Å². The molecule has 1 atom stereocenters. The van der Waals surface area contributed by atoms with Gasteiger partial charge in [-0.2, -0.15) is 0 Å². The summed E-state index contributed by atoms with van der Waals surface area (Å²) < 4.78 is 5.50. The van der Waals surface area contributed by atoms with Crippen molar-refractivity contribution in [1.29, 1.82) is 0 Å². The highest BCUT2D eigenvalue weighted by atomic mass is 16.5. The SMILES string of the molecule is CCOc1ccc(CN2CCC(C(=O)N3CCC[C@H](C)C3)CC2)cc1. The number of hydrogen-bond acceptors (Lipinski definition) is 3. The smallest absolute Gasteiger partial charge is 0.225 e. The van der Waals surface area contributed by atoms with Crippen molar-refractivity contribution in [2.75, 3.05) is 32.8 Å². The minimum absolute atomic E-state index is 0.238. The van der Waals surface area contributed by atoms with E-state index in [0.717, 1.165) is 51.3 Å². The summed E-state index contributed by atoms with van der Waals surface area (Å²) in [7, 11) is 0. The van der Waals surface area contributed by atoms with Crippen molar-refractivity contribution >= 4 is 5.91 Å². The second-order valence-electron chi connectivity index (χ2n) is 7.66. The summed E-state index contributed by atoms with van der Waals surface area (Å²) in [5.41, 5.74) is 1.32. The molecule has 1 aromatic carbocycles. The van der Waals surface area contributed by atoms with E-state index >= 15 is 0 Å². The second kappa shape index (κ2) is 8.70. The highest BCUT2D eigenvalue weighted by Gasteiger charge is 2.30. The molecule has 0 saturated carbocycles. The van der Waals surface area contributed by atoms with E-state index in [1.807, 2.05) is 19.1 Å². The molecule has 0 radical (unpaired) electrons. The third-order valence-electron chi connectivity index (χ3n) is 5.55. The lowest BCUT2D eigenvalue weighted by molar-refractivity contribution is -0.138. The molecule has 4 nitrogen and oxygen atoms in total. The first-order valence-corrected chi connectivity index (χ1v) is 9.88. The summed E-state index contributed by atoms with van der Waals surface area (Å²) in [5.74, 6) is 2.25. The number of carbonyl (C=O) groups is 1. The van der Waals surface area contributed by atoms with Crippen molar-refractivity contribution in [3.63, 3.8) is 0 Å². The Morgan fingerprint density at radius 2 is 1.84 bits per heavy atom. The summed E-state index contributed by atoms with van der Waals surface area (Å²) in [4.78, 5) is 17.4. The second-order valence-corrected chi connectivity index (χ2v) is 7.66. The fourth-order valence-electron chi connectivity index (χ4n) is 4.10. The van der Waals surface area contributed by atoms with Crippen LogP contribution in [0.2, 0.25) is 0 Å². The lowest BCUT2D eigenvalue weighted by Gasteiger charge is -2.37. The number of carbonyl (C=O) groups excluding carboxylic acids is 1. The summed E-state index contributed by atoms with van der Waals surface area (Å²) >= 11 is 0. The molecule has 2 aliphatic heterocycles. The van der Waals surface area contributed by atoms with Gasteiger partial charge in [-0.1, -0.05) is 19.1 Å². The van der Waals surface area contributed by atoms with Gasteiger partial charge in [-0.25, -0.2) is 0 Å². The number of benzene rings is 1. The number of piperidine rings is 2. The van der Waals surface area contributed by atoms with Gasteiger partial charge in [-0.15, -0.1) is 0 Å². The lowest BCUT2D eigenvalue weighted by Crippen LogP contribution is -2.45. The monoisotopic (exact) mass is 344 g/mol. The number of rotatable bonds is 5. The predicted octanol–water partition coefficient (Wildman–Crippen LogP) is 3.56. The van der Waals surface area contributed by atoms with E-state index in [4.69, 9.17) is 4.74 Å². The number of hydrogen-bond donors (Lipinski definition) is 0. The highest BCUT2D eigenvalue weighted by Crippen LogP contribution is 2.24. The highest BCUT2D eigenvalue weighted by molar-refractivity contribution is 5.79. The minimum Gasteiger partial charge on any atom is -0.494 e. The summed E-state index contributed by atoms with van der Waals surface area (Å²) in [6, 6.07) is 8.40. The lowest BCUT2D eigenvalue weighted by atomic mass is 9.92. The number of nitrogens with zero attached hydrogens (tertiary/aromatic N) is 2. The van der Waals surface area contributed by atoms with Crippen molar-refractivity contribution in [3.8, 4) is 5.75 Å². The topological polar surface area (TPSA) is 32.8 Å². The molecule has 1 aromatic rings. The van der Waals surface area contributed by atoms with Crippen LogP contribution in [0.5, 0.6) is 5.75 Å². The fourth-order valence-corrected chi connectivity index (χ4v) is 4.10. The van der Waals surface area contributed by atoms with E-state index in [2.05, 4.69) is 28.9 Å². The van der Waals surface area contributed by atoms with E-state index in [1.54, 1.807) is 0 Å². The molecule has 0 aromatic heterocycles. The van der Waals surface area contributed by atoms with Gasteiger partial charge in [0.05, 0.1) is 6.61 Å². The molecule has 3 rings (SSSR count). The van der Waals surface area contributed by atoms with Crippen molar-refractivity contribution in [2.45, 2.75) is 46.1 Å². The van der Waals surface area contributed by atoms with Crippen LogP contribution in [0.1, 0.15) is 45.1 Å². The Morgan fingerprint density at radius 1 is 1.12 bits per heavy atom. The molecule has 2 heterocycles. The van der Waals surface area contributed by atoms with Crippen LogP contribution in [0.3, 0.4) is 0 Å².